The van der Waals surface area contributed by atoms with E-state index in [1.54, 1.807) is 18.2 Å². The Morgan fingerprint density at radius 2 is 2.21 bits per heavy atom. The van der Waals surface area contributed by atoms with Crippen LogP contribution in [0.25, 0.3) is 0 Å². The minimum absolute atomic E-state index is 0.0246. The van der Waals surface area contributed by atoms with Gasteiger partial charge in [0, 0.05) is 13.2 Å². The summed E-state index contributed by atoms with van der Waals surface area (Å²) in [5, 5.41) is 14.7. The lowest BCUT2D eigenvalue weighted by Gasteiger charge is -2.00. The average molecular weight is 265 g/mol. The van der Waals surface area contributed by atoms with Gasteiger partial charge in [-0.3, -0.25) is 10.1 Å². The van der Waals surface area contributed by atoms with E-state index in [1.807, 2.05) is 0 Å². The summed E-state index contributed by atoms with van der Waals surface area (Å²) in [4.78, 5) is 21.9. The van der Waals surface area contributed by atoms with Crippen molar-refractivity contribution in [3.8, 4) is 0 Å². The van der Waals surface area contributed by atoms with Crippen molar-refractivity contribution < 1.29 is 14.1 Å². The number of benzene rings is 1. The third-order valence-corrected chi connectivity index (χ3v) is 2.42. The Balaban J connectivity index is 2.31. The number of hydrogen-bond acceptors (Lipinski definition) is 6. The van der Waals surface area contributed by atoms with Crippen LogP contribution in [0.5, 0.6) is 0 Å². The van der Waals surface area contributed by atoms with Crippen molar-refractivity contribution in [2.75, 3.05) is 7.11 Å². The number of rotatable bonds is 5. The van der Waals surface area contributed by atoms with Crippen molar-refractivity contribution in [1.82, 2.24) is 9.78 Å². The second-order valence-corrected chi connectivity index (χ2v) is 3.74. The molecule has 0 atom stereocenters. The van der Waals surface area contributed by atoms with E-state index in [2.05, 4.69) is 5.10 Å². The number of aromatic nitrogens is 2. The molecule has 0 aliphatic rings. The van der Waals surface area contributed by atoms with Gasteiger partial charge in [-0.25, -0.2) is 4.79 Å². The molecule has 8 nitrogen and oxygen atoms in total. The molecule has 0 saturated carbocycles. The molecular weight excluding hydrogens is 254 g/mol. The number of ether oxygens (including phenoxy) is 1. The Labute approximate surface area is 107 Å². The third-order valence-electron chi connectivity index (χ3n) is 2.42. The number of nitro groups is 1. The molecule has 0 spiro atoms. The van der Waals surface area contributed by atoms with Crippen molar-refractivity contribution in [3.05, 3.63) is 56.4 Å². The Bertz CT molecular complexity index is 646. The predicted molar refractivity (Wildman–Crippen MR) is 63.7 cm³/mol. The van der Waals surface area contributed by atoms with Gasteiger partial charge in [-0.15, -0.1) is 5.10 Å². The van der Waals surface area contributed by atoms with Gasteiger partial charge in [0.2, 0.25) is 5.89 Å². The highest BCUT2D eigenvalue weighted by molar-refractivity contribution is 5.39. The first kappa shape index (κ1) is 13.0. The third kappa shape index (κ3) is 2.86. The lowest BCUT2D eigenvalue weighted by molar-refractivity contribution is -0.385. The van der Waals surface area contributed by atoms with Crippen molar-refractivity contribution in [2.45, 2.75) is 13.2 Å². The number of nitro benzene ring substituents is 1. The summed E-state index contributed by atoms with van der Waals surface area (Å²) in [5.41, 5.74) is 0.317. The van der Waals surface area contributed by atoms with Crippen LogP contribution in [-0.2, 0) is 17.9 Å². The molecule has 8 heteroatoms. The van der Waals surface area contributed by atoms with E-state index >= 15 is 0 Å². The first-order valence-corrected chi connectivity index (χ1v) is 5.40. The van der Waals surface area contributed by atoms with E-state index in [0.717, 1.165) is 4.68 Å². The summed E-state index contributed by atoms with van der Waals surface area (Å²) >= 11 is 0. The smallest absolute Gasteiger partial charge is 0.390 e. The van der Waals surface area contributed by atoms with Gasteiger partial charge in [-0.2, -0.15) is 4.68 Å². The van der Waals surface area contributed by atoms with Crippen LogP contribution in [-0.4, -0.2) is 21.8 Å². The Kier molecular flexibility index (Phi) is 3.71. The molecule has 0 saturated heterocycles. The molecule has 0 N–H and O–H groups in total. The highest BCUT2D eigenvalue weighted by Crippen LogP contribution is 2.17. The zero-order chi connectivity index (χ0) is 13.8. The second-order valence-electron chi connectivity index (χ2n) is 3.74. The zero-order valence-corrected chi connectivity index (χ0v) is 10.1. The maximum atomic E-state index is 11.5. The highest BCUT2D eigenvalue weighted by Gasteiger charge is 2.15. The maximum Gasteiger partial charge on any atom is 0.437 e. The van der Waals surface area contributed by atoms with Gasteiger partial charge >= 0.3 is 5.76 Å². The normalized spacial score (nSPS) is 10.6. The fourth-order valence-corrected chi connectivity index (χ4v) is 1.62. The predicted octanol–water partition coefficient (Wildman–Crippen LogP) is 0.939. The minimum atomic E-state index is -0.676. The van der Waals surface area contributed by atoms with E-state index in [1.165, 1.54) is 13.2 Å². The SMILES string of the molecule is COCc1nn(Cc2ccccc2[N+](=O)[O-])c(=O)o1. The van der Waals surface area contributed by atoms with E-state index < -0.39 is 10.7 Å². The lowest BCUT2D eigenvalue weighted by atomic mass is 10.2. The molecule has 0 unspecified atom stereocenters. The van der Waals surface area contributed by atoms with E-state index in [4.69, 9.17) is 9.15 Å². The summed E-state index contributed by atoms with van der Waals surface area (Å²) in [6.07, 6.45) is 0. The van der Waals surface area contributed by atoms with Crippen molar-refractivity contribution in [3.63, 3.8) is 0 Å². The standard InChI is InChI=1S/C11H11N3O5/c1-18-7-10-12-13(11(15)19-10)6-8-4-2-3-5-9(8)14(16)17/h2-5H,6-7H2,1H3. The molecule has 0 bridgehead atoms. The fourth-order valence-electron chi connectivity index (χ4n) is 1.62. The quantitative estimate of drug-likeness (QED) is 0.589. The van der Waals surface area contributed by atoms with Gasteiger partial charge in [-0.1, -0.05) is 18.2 Å². The number of methoxy groups -OCH3 is 1. The van der Waals surface area contributed by atoms with Crippen LogP contribution in [0.2, 0.25) is 0 Å². The molecule has 19 heavy (non-hydrogen) atoms. The Morgan fingerprint density at radius 3 is 2.89 bits per heavy atom. The molecule has 100 valence electrons. The first-order chi connectivity index (χ1) is 9.11. The Morgan fingerprint density at radius 1 is 1.47 bits per heavy atom. The molecule has 1 aromatic carbocycles. The molecule has 0 fully saturated rings. The molecule has 0 radical (unpaired) electrons. The first-order valence-electron chi connectivity index (χ1n) is 5.40. The average Bonchev–Trinajstić information content (AvgIpc) is 2.71. The molecule has 1 aromatic heterocycles. The second kappa shape index (κ2) is 5.44. The van der Waals surface area contributed by atoms with Crippen LogP contribution in [0.1, 0.15) is 11.5 Å². The van der Waals surface area contributed by atoms with Crippen molar-refractivity contribution >= 4 is 5.69 Å². The highest BCUT2D eigenvalue weighted by atomic mass is 16.6. The summed E-state index contributed by atoms with van der Waals surface area (Å²) in [6, 6.07) is 6.15. The van der Waals surface area contributed by atoms with Crippen molar-refractivity contribution in [2.24, 2.45) is 0 Å². The topological polar surface area (TPSA) is 100 Å². The van der Waals surface area contributed by atoms with Gasteiger partial charge in [-0.05, 0) is 0 Å². The minimum Gasteiger partial charge on any atom is -0.390 e. The fraction of sp³-hybridized carbons (Fsp3) is 0.273. The molecule has 1 heterocycles. The summed E-state index contributed by atoms with van der Waals surface area (Å²) < 4.78 is 10.6. The zero-order valence-electron chi connectivity index (χ0n) is 10.1. The lowest BCUT2D eigenvalue weighted by Crippen LogP contribution is -2.17. The van der Waals surface area contributed by atoms with E-state index in [0.29, 0.717) is 5.56 Å². The van der Waals surface area contributed by atoms with E-state index in [9.17, 15) is 14.9 Å². The number of nitrogens with zero attached hydrogens (tertiary/aromatic N) is 3. The summed E-state index contributed by atoms with van der Waals surface area (Å²) in [5.74, 6) is -0.545. The van der Waals surface area contributed by atoms with Crippen molar-refractivity contribution in [1.29, 1.82) is 0 Å². The maximum absolute atomic E-state index is 11.5. The van der Waals surface area contributed by atoms with Gasteiger partial charge in [0.05, 0.1) is 17.0 Å². The monoisotopic (exact) mass is 265 g/mol. The summed E-state index contributed by atoms with van der Waals surface area (Å²) in [6.45, 7) is 0.0440. The van der Waals surface area contributed by atoms with Crippen LogP contribution in [0.3, 0.4) is 0 Å². The largest absolute Gasteiger partial charge is 0.437 e. The van der Waals surface area contributed by atoms with Crippen LogP contribution in [0.4, 0.5) is 5.69 Å². The molecule has 2 rings (SSSR count). The van der Waals surface area contributed by atoms with Gasteiger partial charge in [0.25, 0.3) is 5.69 Å². The molecule has 2 aromatic rings. The summed E-state index contributed by atoms with van der Waals surface area (Å²) in [7, 11) is 1.45. The van der Waals surface area contributed by atoms with Crippen LogP contribution in [0.15, 0.2) is 33.5 Å². The number of hydrogen-bond donors (Lipinski definition) is 0. The Hall–Kier alpha value is -2.48. The van der Waals surface area contributed by atoms with Crippen LogP contribution < -0.4 is 5.76 Å². The van der Waals surface area contributed by atoms with Crippen LogP contribution >= 0.6 is 0 Å². The van der Waals surface area contributed by atoms with Crippen LogP contribution in [0, 0.1) is 10.1 Å². The van der Waals surface area contributed by atoms with Gasteiger partial charge in [0.15, 0.2) is 0 Å². The van der Waals surface area contributed by atoms with E-state index in [-0.39, 0.29) is 24.7 Å². The molecular formula is C11H11N3O5. The molecule has 0 aliphatic carbocycles. The molecule has 0 aliphatic heterocycles. The number of para-hydroxylation sites is 1. The van der Waals surface area contributed by atoms with Gasteiger partial charge in [0.1, 0.15) is 6.61 Å². The van der Waals surface area contributed by atoms with Gasteiger partial charge < -0.3 is 9.15 Å². The molecule has 0 amide bonds.